The highest BCUT2D eigenvalue weighted by atomic mass is 19.1. The second-order valence-corrected chi connectivity index (χ2v) is 6.69. The predicted molar refractivity (Wildman–Crippen MR) is 82.1 cm³/mol. The molecular weight excluding hydrogens is 251 g/mol. The van der Waals surface area contributed by atoms with Gasteiger partial charge in [-0.2, -0.15) is 0 Å². The highest BCUT2D eigenvalue weighted by molar-refractivity contribution is 5.16. The first-order chi connectivity index (χ1) is 9.42. The molecule has 1 aromatic rings. The van der Waals surface area contributed by atoms with Crippen LogP contribution < -0.4 is 5.32 Å². The molecule has 2 nitrogen and oxygen atoms in total. The number of nitrogens with zero attached hydrogens (tertiary/aromatic N) is 1. The van der Waals surface area contributed by atoms with Crippen molar-refractivity contribution in [1.82, 2.24) is 10.2 Å². The molecule has 0 aliphatic carbocycles. The number of hydrogen-bond donors (Lipinski definition) is 1. The van der Waals surface area contributed by atoms with Crippen LogP contribution in [0.25, 0.3) is 0 Å². The van der Waals surface area contributed by atoms with E-state index in [1.54, 1.807) is 12.1 Å². The normalized spacial score (nSPS) is 24.6. The zero-order chi connectivity index (χ0) is 14.8. The molecule has 1 heterocycles. The van der Waals surface area contributed by atoms with Crippen LogP contribution in [0.1, 0.15) is 39.7 Å². The van der Waals surface area contributed by atoms with Gasteiger partial charge in [-0.15, -0.1) is 0 Å². The molecule has 0 radical (unpaired) electrons. The summed E-state index contributed by atoms with van der Waals surface area (Å²) in [5.41, 5.74) is 1.32. The summed E-state index contributed by atoms with van der Waals surface area (Å²) in [4.78, 5) is 2.52. The Morgan fingerprint density at radius 3 is 2.60 bits per heavy atom. The van der Waals surface area contributed by atoms with Gasteiger partial charge in [-0.05, 0) is 37.5 Å². The molecule has 1 aliphatic heterocycles. The summed E-state index contributed by atoms with van der Waals surface area (Å²) in [6, 6.07) is 7.44. The van der Waals surface area contributed by atoms with Gasteiger partial charge in [0.2, 0.25) is 0 Å². The van der Waals surface area contributed by atoms with Crippen LogP contribution in [0.2, 0.25) is 0 Å². The second-order valence-electron chi connectivity index (χ2n) is 6.69. The molecule has 0 spiro atoms. The fourth-order valence-electron chi connectivity index (χ4n) is 2.80. The van der Waals surface area contributed by atoms with E-state index in [1.165, 1.54) is 12.0 Å². The lowest BCUT2D eigenvalue weighted by atomic mass is 9.90. The van der Waals surface area contributed by atoms with E-state index in [-0.39, 0.29) is 11.4 Å². The lowest BCUT2D eigenvalue weighted by molar-refractivity contribution is 0.0448. The average molecular weight is 278 g/mol. The van der Waals surface area contributed by atoms with Gasteiger partial charge in [-0.3, -0.25) is 4.90 Å². The maximum absolute atomic E-state index is 13.0. The van der Waals surface area contributed by atoms with Crippen LogP contribution in [0.15, 0.2) is 24.3 Å². The largest absolute Gasteiger partial charge is 0.311 e. The van der Waals surface area contributed by atoms with Gasteiger partial charge >= 0.3 is 0 Å². The lowest BCUT2D eigenvalue weighted by Gasteiger charge is -2.47. The van der Waals surface area contributed by atoms with Crippen molar-refractivity contribution < 1.29 is 4.39 Å². The summed E-state index contributed by atoms with van der Waals surface area (Å²) in [6.45, 7) is 12.1. The Hall–Kier alpha value is -0.930. The minimum absolute atomic E-state index is 0.137. The van der Waals surface area contributed by atoms with Crippen molar-refractivity contribution in [3.8, 4) is 0 Å². The van der Waals surface area contributed by atoms with Crippen LogP contribution in [-0.2, 0) is 6.54 Å². The van der Waals surface area contributed by atoms with Gasteiger partial charge in [0, 0.05) is 31.2 Å². The number of nitrogens with one attached hydrogen (secondary N) is 1. The molecule has 2 rings (SSSR count). The smallest absolute Gasteiger partial charge is 0.123 e. The Bertz CT molecular complexity index is 427. The third-order valence-electron chi connectivity index (χ3n) is 4.69. The third kappa shape index (κ3) is 3.58. The van der Waals surface area contributed by atoms with Crippen molar-refractivity contribution in [3.05, 3.63) is 35.6 Å². The Kier molecular flexibility index (Phi) is 4.82. The summed E-state index contributed by atoms with van der Waals surface area (Å²) in [5, 5.41) is 3.68. The SMILES string of the molecule is CCC(C)C1CN(Cc2ccc(F)cc2)C(C)(C)CN1. The zero-order valence-corrected chi connectivity index (χ0v) is 13.1. The number of hydrogen-bond acceptors (Lipinski definition) is 2. The van der Waals surface area contributed by atoms with Crippen molar-refractivity contribution in [2.24, 2.45) is 5.92 Å². The van der Waals surface area contributed by atoms with Gasteiger partial charge in [0.15, 0.2) is 0 Å². The summed E-state index contributed by atoms with van der Waals surface area (Å²) in [6.07, 6.45) is 1.20. The van der Waals surface area contributed by atoms with Crippen LogP contribution >= 0.6 is 0 Å². The number of halogens is 1. The van der Waals surface area contributed by atoms with E-state index in [2.05, 4.69) is 37.9 Å². The first kappa shape index (κ1) is 15.5. The minimum atomic E-state index is -0.161. The molecule has 1 N–H and O–H groups in total. The van der Waals surface area contributed by atoms with Crippen molar-refractivity contribution in [2.75, 3.05) is 13.1 Å². The molecule has 2 atom stereocenters. The van der Waals surface area contributed by atoms with E-state index < -0.39 is 0 Å². The Morgan fingerprint density at radius 2 is 2.00 bits per heavy atom. The van der Waals surface area contributed by atoms with Gasteiger partial charge in [0.05, 0.1) is 0 Å². The fraction of sp³-hybridized carbons (Fsp3) is 0.647. The highest BCUT2D eigenvalue weighted by Crippen LogP contribution is 2.24. The van der Waals surface area contributed by atoms with Crippen LogP contribution in [0.5, 0.6) is 0 Å². The zero-order valence-electron chi connectivity index (χ0n) is 13.1. The Balaban J connectivity index is 2.07. The van der Waals surface area contributed by atoms with Gasteiger partial charge in [0.1, 0.15) is 5.82 Å². The number of benzene rings is 1. The maximum Gasteiger partial charge on any atom is 0.123 e. The summed E-state index contributed by atoms with van der Waals surface area (Å²) >= 11 is 0. The first-order valence-electron chi connectivity index (χ1n) is 7.65. The molecular formula is C17H27FN2. The van der Waals surface area contributed by atoms with E-state index >= 15 is 0 Å². The van der Waals surface area contributed by atoms with Gasteiger partial charge in [-0.25, -0.2) is 4.39 Å². The van der Waals surface area contributed by atoms with Crippen molar-refractivity contribution in [1.29, 1.82) is 0 Å². The maximum atomic E-state index is 13.0. The van der Waals surface area contributed by atoms with Crippen molar-refractivity contribution >= 4 is 0 Å². The standard InChI is InChI=1S/C17H27FN2/c1-5-13(2)16-11-20(17(3,4)12-19-16)10-14-6-8-15(18)9-7-14/h6-9,13,16,19H,5,10-12H2,1-4H3. The Labute approximate surface area is 122 Å². The predicted octanol–water partition coefficient (Wildman–Crippen LogP) is 3.42. The van der Waals surface area contributed by atoms with E-state index in [0.29, 0.717) is 12.0 Å². The van der Waals surface area contributed by atoms with E-state index in [1.807, 2.05) is 12.1 Å². The first-order valence-corrected chi connectivity index (χ1v) is 7.65. The van der Waals surface area contributed by atoms with Crippen LogP contribution in [0.3, 0.4) is 0 Å². The molecule has 3 heteroatoms. The molecule has 0 aromatic heterocycles. The monoisotopic (exact) mass is 278 g/mol. The molecule has 1 aromatic carbocycles. The molecule has 0 bridgehead atoms. The quantitative estimate of drug-likeness (QED) is 0.908. The van der Waals surface area contributed by atoms with Crippen LogP contribution in [0.4, 0.5) is 4.39 Å². The highest BCUT2D eigenvalue weighted by Gasteiger charge is 2.35. The average Bonchev–Trinajstić information content (AvgIpc) is 2.42. The molecule has 1 fully saturated rings. The summed E-state index contributed by atoms with van der Waals surface area (Å²) < 4.78 is 13.0. The lowest BCUT2D eigenvalue weighted by Crippen LogP contribution is -2.62. The number of rotatable bonds is 4. The molecule has 112 valence electrons. The molecule has 20 heavy (non-hydrogen) atoms. The van der Waals surface area contributed by atoms with Crippen LogP contribution in [-0.4, -0.2) is 29.6 Å². The van der Waals surface area contributed by atoms with Crippen LogP contribution in [0, 0.1) is 11.7 Å². The number of piperazine rings is 1. The minimum Gasteiger partial charge on any atom is -0.311 e. The van der Waals surface area contributed by atoms with E-state index in [9.17, 15) is 4.39 Å². The molecule has 1 aliphatic rings. The topological polar surface area (TPSA) is 15.3 Å². The summed E-state index contributed by atoms with van der Waals surface area (Å²) in [7, 11) is 0. The third-order valence-corrected chi connectivity index (χ3v) is 4.69. The van der Waals surface area contributed by atoms with Crippen molar-refractivity contribution in [2.45, 2.75) is 52.2 Å². The van der Waals surface area contributed by atoms with E-state index in [4.69, 9.17) is 0 Å². The Morgan fingerprint density at radius 1 is 1.35 bits per heavy atom. The molecule has 1 saturated heterocycles. The summed E-state index contributed by atoms with van der Waals surface area (Å²) in [5.74, 6) is 0.521. The van der Waals surface area contributed by atoms with Gasteiger partial charge in [0.25, 0.3) is 0 Å². The molecule has 0 saturated carbocycles. The van der Waals surface area contributed by atoms with Gasteiger partial charge in [-0.1, -0.05) is 32.4 Å². The second kappa shape index (κ2) is 6.23. The van der Waals surface area contributed by atoms with Crippen molar-refractivity contribution in [3.63, 3.8) is 0 Å². The molecule has 2 unspecified atom stereocenters. The molecule has 0 amide bonds. The van der Waals surface area contributed by atoms with E-state index in [0.717, 1.165) is 19.6 Å². The van der Waals surface area contributed by atoms with Gasteiger partial charge < -0.3 is 5.32 Å². The fourth-order valence-corrected chi connectivity index (χ4v) is 2.80.